The van der Waals surface area contributed by atoms with E-state index in [4.69, 9.17) is 36.8 Å². The average molecular weight is 775 g/mol. The van der Waals surface area contributed by atoms with Crippen LogP contribution in [0.2, 0.25) is 0 Å². The predicted molar refractivity (Wildman–Crippen MR) is 203 cm³/mol. The van der Waals surface area contributed by atoms with Gasteiger partial charge in [-0.25, -0.2) is 9.98 Å². The molecule has 3 aliphatic rings. The van der Waals surface area contributed by atoms with Crippen molar-refractivity contribution in [2.75, 3.05) is 18.0 Å². The van der Waals surface area contributed by atoms with Gasteiger partial charge in [-0.05, 0) is 62.4 Å². The molecule has 0 bridgehead atoms. The number of carbonyl (C=O) groups is 4. The van der Waals surface area contributed by atoms with Crippen molar-refractivity contribution in [2.24, 2.45) is 22.2 Å². The van der Waals surface area contributed by atoms with E-state index in [0.717, 1.165) is 16.6 Å². The Hall–Kier alpha value is -4.41. The Kier molecular flexibility index (Phi) is 13.0. The number of halogens is 2. The fourth-order valence-electron chi connectivity index (χ4n) is 7.43. The third kappa shape index (κ3) is 7.28. The number of cyclic esters (lactones) is 1. The van der Waals surface area contributed by atoms with Gasteiger partial charge in [0.25, 0.3) is 5.56 Å². The zero-order chi connectivity index (χ0) is 36.6. The van der Waals surface area contributed by atoms with Crippen molar-refractivity contribution in [3.63, 3.8) is 0 Å². The molecule has 3 aromatic rings. The topological polar surface area (TPSA) is 236 Å². The van der Waals surface area contributed by atoms with Gasteiger partial charge < -0.3 is 41.2 Å². The lowest BCUT2D eigenvalue weighted by Crippen LogP contribution is -2.55. The number of hydrogen-bond donors (Lipinski definition) is 4. The van der Waals surface area contributed by atoms with Gasteiger partial charge in [0.2, 0.25) is 0 Å². The first kappa shape index (κ1) is 41.3. The van der Waals surface area contributed by atoms with Gasteiger partial charge in [-0.15, -0.1) is 24.8 Å². The van der Waals surface area contributed by atoms with Crippen molar-refractivity contribution in [3.8, 4) is 11.4 Å². The van der Waals surface area contributed by atoms with Gasteiger partial charge in [0.15, 0.2) is 11.2 Å². The molecule has 2 aromatic heterocycles. The zero-order valence-electron chi connectivity index (χ0n) is 29.5. The summed E-state index contributed by atoms with van der Waals surface area (Å²) >= 11 is 0. The largest absolute Gasteiger partial charge is 0.481 e. The summed E-state index contributed by atoms with van der Waals surface area (Å²) < 4.78 is 12.9. The number of Topliss-reactive ketones (excluding diaryl/α,β-unsaturated/α-hetero) is 1. The molecule has 6 rings (SSSR count). The molecule has 0 aliphatic carbocycles. The van der Waals surface area contributed by atoms with Gasteiger partial charge in [-0.1, -0.05) is 26.3 Å². The number of ketones is 1. The highest BCUT2D eigenvalue weighted by atomic mass is 35.5. The highest BCUT2D eigenvalue weighted by molar-refractivity contribution is 6.13. The molecule has 1 aromatic carbocycles. The molecule has 15 nitrogen and oxygen atoms in total. The number of anilines is 1. The second-order valence-electron chi connectivity index (χ2n) is 13.3. The number of carboxylic acids is 1. The quantitative estimate of drug-likeness (QED) is 0.101. The number of rotatable bonds is 15. The Bertz CT molecular complexity index is 2020. The Morgan fingerprint density at radius 3 is 2.51 bits per heavy atom. The molecule has 5 heterocycles. The summed E-state index contributed by atoms with van der Waals surface area (Å²) in [5.74, 6) is -2.99. The smallest absolute Gasteiger partial charge is 0.324 e. The van der Waals surface area contributed by atoms with Crippen LogP contribution in [0.3, 0.4) is 0 Å². The summed E-state index contributed by atoms with van der Waals surface area (Å²) in [5, 5.41) is 9.78. The Morgan fingerprint density at radius 1 is 1.08 bits per heavy atom. The molecule has 1 unspecified atom stereocenters. The Morgan fingerprint density at radius 2 is 1.83 bits per heavy atom. The molecule has 286 valence electrons. The van der Waals surface area contributed by atoms with Crippen LogP contribution in [0.15, 0.2) is 34.1 Å². The van der Waals surface area contributed by atoms with E-state index in [1.165, 1.54) is 0 Å². The lowest BCUT2D eigenvalue weighted by molar-refractivity contribution is -0.159. The maximum atomic E-state index is 14.3. The number of aromatic nitrogens is 2. The van der Waals surface area contributed by atoms with Crippen molar-refractivity contribution in [3.05, 3.63) is 51.3 Å². The van der Waals surface area contributed by atoms with Gasteiger partial charge in [-0.3, -0.25) is 24.0 Å². The summed E-state index contributed by atoms with van der Waals surface area (Å²) in [7, 11) is 0. The molecule has 0 radical (unpaired) electrons. The molecule has 0 saturated heterocycles. The number of nitrogens with zero attached hydrogens (tertiary/aromatic N) is 4. The van der Waals surface area contributed by atoms with Crippen LogP contribution in [-0.2, 0) is 47.2 Å². The van der Waals surface area contributed by atoms with Gasteiger partial charge in [0, 0.05) is 12.0 Å². The van der Waals surface area contributed by atoms with E-state index in [2.05, 4.69) is 4.99 Å². The summed E-state index contributed by atoms with van der Waals surface area (Å²) in [6, 6.07) is 5.20. The summed E-state index contributed by atoms with van der Waals surface area (Å²) in [5.41, 5.74) is 20.0. The molecule has 0 amide bonds. The molecule has 17 heteroatoms. The SMILES string of the molecule is CCCC(CN1C=Nc2cccc3nc4c(c1c23)Cn1c-4cc2c(c1=O)COC(=O)[C@]2(CC)C(=O)[C@@H](N)CCCN)OC(=O)[C@@H](N)CCC(=O)O.Cl.Cl. The van der Waals surface area contributed by atoms with E-state index in [1.807, 2.05) is 30.0 Å². The maximum absolute atomic E-state index is 14.3. The van der Waals surface area contributed by atoms with E-state index < -0.39 is 52.9 Å². The second kappa shape index (κ2) is 16.7. The molecule has 4 atom stereocenters. The minimum absolute atomic E-state index is 0. The molecular weight excluding hydrogens is 729 g/mol. The summed E-state index contributed by atoms with van der Waals surface area (Å²) in [6.45, 7) is 4.06. The maximum Gasteiger partial charge on any atom is 0.324 e. The molecule has 7 N–H and O–H groups in total. The number of hydrogen-bond acceptors (Lipinski definition) is 13. The van der Waals surface area contributed by atoms with E-state index in [-0.39, 0.29) is 81.3 Å². The lowest BCUT2D eigenvalue weighted by Gasteiger charge is -2.36. The van der Waals surface area contributed by atoms with Gasteiger partial charge >= 0.3 is 17.9 Å². The highest BCUT2D eigenvalue weighted by Crippen LogP contribution is 2.47. The summed E-state index contributed by atoms with van der Waals surface area (Å²) in [6.07, 6.45) is 2.74. The minimum Gasteiger partial charge on any atom is -0.481 e. The number of carboxylic acid groups (broad SMARTS) is 1. The number of aliphatic carboxylic acids is 1. The van der Waals surface area contributed by atoms with Crippen LogP contribution in [0, 0.1) is 0 Å². The Labute approximate surface area is 318 Å². The van der Waals surface area contributed by atoms with Crippen LogP contribution in [0.5, 0.6) is 0 Å². The number of aliphatic imine (C=N–C) groups is 1. The van der Waals surface area contributed by atoms with Gasteiger partial charge in [0.05, 0.1) is 64.7 Å². The zero-order valence-corrected chi connectivity index (χ0v) is 31.2. The van der Waals surface area contributed by atoms with E-state index in [1.54, 1.807) is 23.9 Å². The molecule has 3 aliphatic heterocycles. The molecule has 53 heavy (non-hydrogen) atoms. The third-order valence-corrected chi connectivity index (χ3v) is 10.1. The predicted octanol–water partition coefficient (Wildman–Crippen LogP) is 2.99. The first-order chi connectivity index (χ1) is 24.5. The van der Waals surface area contributed by atoms with Crippen LogP contribution >= 0.6 is 24.8 Å². The monoisotopic (exact) mass is 773 g/mol. The van der Waals surface area contributed by atoms with Crippen molar-refractivity contribution >= 4 is 77.1 Å². The third-order valence-electron chi connectivity index (χ3n) is 10.1. The first-order valence-corrected chi connectivity index (χ1v) is 17.4. The van der Waals surface area contributed by atoms with Crippen molar-refractivity contribution in [1.29, 1.82) is 0 Å². The number of carbonyl (C=O) groups excluding carboxylic acids is 3. The molecule has 0 saturated carbocycles. The second-order valence-corrected chi connectivity index (χ2v) is 13.3. The van der Waals surface area contributed by atoms with E-state index >= 15 is 0 Å². The van der Waals surface area contributed by atoms with E-state index in [0.29, 0.717) is 48.4 Å². The number of pyridine rings is 2. The minimum atomic E-state index is -1.77. The van der Waals surface area contributed by atoms with Crippen LogP contribution in [0.25, 0.3) is 22.3 Å². The molecule has 0 fully saturated rings. The lowest BCUT2D eigenvalue weighted by atomic mass is 9.69. The van der Waals surface area contributed by atoms with Crippen LogP contribution in [-0.4, -0.2) is 76.0 Å². The van der Waals surface area contributed by atoms with Crippen molar-refractivity contribution in [1.82, 2.24) is 9.55 Å². The van der Waals surface area contributed by atoms with Gasteiger partial charge in [-0.2, -0.15) is 0 Å². The average Bonchev–Trinajstić information content (AvgIpc) is 3.49. The number of benzene rings is 1. The number of nitrogens with two attached hydrogens (primary N) is 3. The molecular formula is C36H45Cl2N7O8. The molecule has 0 spiro atoms. The normalized spacial score (nSPS) is 18.1. The standard InChI is InChI=1S/C36H43N7O8.2ClH/c1-3-7-19(51-34(48)24(39)11-12-28(44)45)15-42-18-40-25-9-5-10-26-29(25)31(42)20-16-43-27(30(20)41-26)14-22-21(33(43)47)17-50-35(49)36(22,4-2)32(46)23(38)8-6-13-37;;/h5,9-10,14,18-19,23-24H,3-4,6-8,11-13,15-17,37-39H2,1-2H3,(H,44,45);2*1H/t19?,23-,24-,36-;;/m0../s1. The highest BCUT2D eigenvalue weighted by Gasteiger charge is 2.53. The Balaban J connectivity index is 0.00000314. The fourth-order valence-corrected chi connectivity index (χ4v) is 7.43. The van der Waals surface area contributed by atoms with Crippen LogP contribution in [0.1, 0.15) is 75.5 Å². The van der Waals surface area contributed by atoms with Crippen molar-refractivity contribution in [2.45, 2.75) is 95.5 Å². The number of esters is 2. The van der Waals surface area contributed by atoms with Crippen molar-refractivity contribution < 1.29 is 33.8 Å². The van der Waals surface area contributed by atoms with Crippen LogP contribution < -0.4 is 27.7 Å². The van der Waals surface area contributed by atoms with Gasteiger partial charge in [0.1, 0.15) is 18.8 Å². The van der Waals surface area contributed by atoms with E-state index in [9.17, 15) is 24.0 Å². The first-order valence-electron chi connectivity index (χ1n) is 17.4. The fraction of sp³-hybridized carbons (Fsp3) is 0.472. The van der Waals surface area contributed by atoms with Crippen LogP contribution in [0.4, 0.5) is 11.4 Å². The number of fused-ring (bicyclic) bond motifs is 5. The number of ether oxygens (including phenoxy) is 2. The summed E-state index contributed by atoms with van der Waals surface area (Å²) in [4.78, 5) is 77.3.